The Hall–Kier alpha value is -4.60. The van der Waals surface area contributed by atoms with Crippen LogP contribution in [0.1, 0.15) is 18.4 Å². The number of fused-ring (bicyclic) bond motifs is 1. The molecule has 0 bridgehead atoms. The molecule has 0 aliphatic rings. The van der Waals surface area contributed by atoms with Crippen LogP contribution in [0.5, 0.6) is 0 Å². The number of rotatable bonds is 14. The average Bonchev–Trinajstić information content (AvgIpc) is 3.00. The summed E-state index contributed by atoms with van der Waals surface area (Å²) in [5.41, 5.74) is 6.60. The number of hydrogen-bond donors (Lipinski definition) is 6. The molecule has 2 unspecified atom stereocenters. The second kappa shape index (κ2) is 16.9. The summed E-state index contributed by atoms with van der Waals surface area (Å²) in [5, 5.41) is 26.4. The number of benzene rings is 3. The minimum atomic E-state index is -1.30. The van der Waals surface area contributed by atoms with Gasteiger partial charge in [0.2, 0.25) is 11.8 Å². The number of hydrogen-bond acceptors (Lipinski definition) is 9. The third-order valence-corrected chi connectivity index (χ3v) is 8.22. The van der Waals surface area contributed by atoms with Gasteiger partial charge in [0.15, 0.2) is 0 Å². The minimum absolute atomic E-state index is 0.0459. The van der Waals surface area contributed by atoms with Crippen LogP contribution in [-0.2, 0) is 25.7 Å². The molecule has 0 spiro atoms. The summed E-state index contributed by atoms with van der Waals surface area (Å²) in [7, 11) is 1.53. The van der Waals surface area contributed by atoms with Crippen molar-refractivity contribution < 1.29 is 39.0 Å². The van der Waals surface area contributed by atoms with Gasteiger partial charge in [-0.1, -0.05) is 71.5 Å². The quantitative estimate of drug-likeness (QED) is 0.141. The van der Waals surface area contributed by atoms with E-state index >= 15 is 0 Å². The molecule has 232 valence electrons. The van der Waals surface area contributed by atoms with E-state index in [-0.39, 0.29) is 25.1 Å². The van der Waals surface area contributed by atoms with Crippen LogP contribution in [0.25, 0.3) is 10.8 Å². The molecule has 15 heteroatoms. The molecule has 0 aromatic heterocycles. The number of amides is 5. The van der Waals surface area contributed by atoms with E-state index in [1.807, 2.05) is 30.3 Å². The fourth-order valence-corrected chi connectivity index (χ4v) is 5.75. The van der Waals surface area contributed by atoms with Crippen molar-refractivity contribution >= 4 is 73.1 Å². The maximum absolute atomic E-state index is 13.3. The Morgan fingerprint density at radius 3 is 2.25 bits per heavy atom. The molecule has 3 aromatic carbocycles. The first kappa shape index (κ1) is 33.9. The Labute approximate surface area is 260 Å². The van der Waals surface area contributed by atoms with E-state index in [9.17, 15) is 28.8 Å². The van der Waals surface area contributed by atoms with Crippen molar-refractivity contribution in [2.24, 2.45) is 5.73 Å². The Bertz CT molecular complexity index is 1510. The second-order valence-electron chi connectivity index (χ2n) is 9.41. The van der Waals surface area contributed by atoms with E-state index in [1.165, 1.54) is 0 Å². The van der Waals surface area contributed by atoms with Gasteiger partial charge in [0.25, 0.3) is 0 Å². The summed E-state index contributed by atoms with van der Waals surface area (Å²) in [4.78, 5) is 74.4. The van der Waals surface area contributed by atoms with Crippen molar-refractivity contribution in [3.8, 4) is 0 Å². The highest BCUT2D eigenvalue weighted by Crippen LogP contribution is 2.28. The molecule has 13 nitrogen and oxygen atoms in total. The smallest absolute Gasteiger partial charge is 0.329 e. The van der Waals surface area contributed by atoms with E-state index < -0.39 is 53.7 Å². The standard InChI is InChI=1S/C29H31N5O8S2/c30-22(27(39)40)12-13-24(35)33-23(26(38)31-15-25(36)37)17-43-44-29(42)34(16-18-6-2-1-3-7-18)28(41)32-21-11-10-19-8-4-5-9-20(19)14-21/h1-11,14,22-23H,12-13,15-17,30H2,(H,31,38)(H,32,41)(H,33,35)(H,36,37)(H,39,40). The van der Waals surface area contributed by atoms with Crippen LogP contribution in [0.3, 0.4) is 0 Å². The summed E-state index contributed by atoms with van der Waals surface area (Å²) >= 11 is 0. The number of carboxylic acids is 2. The van der Waals surface area contributed by atoms with E-state index in [0.29, 0.717) is 22.0 Å². The molecule has 3 rings (SSSR count). The van der Waals surface area contributed by atoms with Crippen LogP contribution < -0.4 is 21.7 Å². The van der Waals surface area contributed by atoms with E-state index in [1.54, 1.807) is 42.5 Å². The van der Waals surface area contributed by atoms with Gasteiger partial charge in [0.05, 0.1) is 6.54 Å². The summed E-state index contributed by atoms with van der Waals surface area (Å²) in [6.07, 6.45) is -0.488. The third kappa shape index (κ3) is 10.9. The molecule has 0 saturated heterocycles. The van der Waals surface area contributed by atoms with Gasteiger partial charge in [-0.2, -0.15) is 0 Å². The fraction of sp³-hybridized carbons (Fsp3) is 0.241. The largest absolute Gasteiger partial charge is 0.480 e. The number of nitrogens with zero attached hydrogens (tertiary/aromatic N) is 1. The van der Waals surface area contributed by atoms with Gasteiger partial charge >= 0.3 is 23.2 Å². The van der Waals surface area contributed by atoms with E-state index in [0.717, 1.165) is 26.5 Å². The minimum Gasteiger partial charge on any atom is -0.480 e. The highest BCUT2D eigenvalue weighted by atomic mass is 33.1. The molecule has 44 heavy (non-hydrogen) atoms. The molecule has 0 fully saturated rings. The normalized spacial score (nSPS) is 12.0. The number of carbonyl (C=O) groups excluding carboxylic acids is 4. The van der Waals surface area contributed by atoms with E-state index in [2.05, 4.69) is 16.0 Å². The van der Waals surface area contributed by atoms with Gasteiger partial charge in [-0.05, 0) is 34.9 Å². The van der Waals surface area contributed by atoms with Crippen LogP contribution in [0.2, 0.25) is 0 Å². The van der Waals surface area contributed by atoms with Gasteiger partial charge in [0, 0.05) is 28.7 Å². The SMILES string of the molecule is NC(CCC(=O)NC(CSSC(=O)N(Cc1ccccc1)C(=O)Nc1ccc2ccccc2c1)C(=O)NCC(=O)O)C(=O)O. The molecule has 0 heterocycles. The lowest BCUT2D eigenvalue weighted by molar-refractivity contribution is -0.139. The van der Waals surface area contributed by atoms with Crippen LogP contribution in [-0.4, -0.2) is 74.5 Å². The maximum Gasteiger partial charge on any atom is 0.329 e. The van der Waals surface area contributed by atoms with Crippen LogP contribution in [0.15, 0.2) is 72.8 Å². The van der Waals surface area contributed by atoms with Crippen molar-refractivity contribution in [3.63, 3.8) is 0 Å². The average molecular weight is 642 g/mol. The van der Waals surface area contributed by atoms with Crippen molar-refractivity contribution in [2.75, 3.05) is 17.6 Å². The van der Waals surface area contributed by atoms with Gasteiger partial charge in [-0.15, -0.1) is 0 Å². The number of nitrogens with one attached hydrogen (secondary N) is 3. The Morgan fingerprint density at radius 1 is 0.886 bits per heavy atom. The number of urea groups is 1. The number of nitrogens with two attached hydrogens (primary N) is 1. The molecular weight excluding hydrogens is 610 g/mol. The molecule has 0 radical (unpaired) electrons. The van der Waals surface area contributed by atoms with Gasteiger partial charge in [-0.3, -0.25) is 24.0 Å². The molecule has 5 amide bonds. The molecule has 3 aromatic rings. The van der Waals surface area contributed by atoms with Gasteiger partial charge < -0.3 is 31.9 Å². The number of aliphatic carboxylic acids is 2. The van der Waals surface area contributed by atoms with Crippen molar-refractivity contribution in [3.05, 3.63) is 78.4 Å². The summed E-state index contributed by atoms with van der Waals surface area (Å²) in [6, 6.07) is 18.6. The topological polar surface area (TPSA) is 208 Å². The molecule has 0 saturated carbocycles. The number of carbonyl (C=O) groups is 6. The predicted molar refractivity (Wildman–Crippen MR) is 168 cm³/mol. The van der Waals surface area contributed by atoms with Crippen LogP contribution in [0.4, 0.5) is 15.3 Å². The highest BCUT2D eigenvalue weighted by Gasteiger charge is 2.26. The zero-order chi connectivity index (χ0) is 32.1. The molecule has 0 aliphatic heterocycles. The summed E-state index contributed by atoms with van der Waals surface area (Å²) in [5.74, 6) is -4.27. The summed E-state index contributed by atoms with van der Waals surface area (Å²) < 4.78 is 0. The first-order valence-electron chi connectivity index (χ1n) is 13.3. The van der Waals surface area contributed by atoms with Crippen LogP contribution >= 0.6 is 21.6 Å². The van der Waals surface area contributed by atoms with Gasteiger partial charge in [0.1, 0.15) is 18.6 Å². The number of imide groups is 1. The summed E-state index contributed by atoms with van der Waals surface area (Å²) in [6.45, 7) is -0.749. The lowest BCUT2D eigenvalue weighted by Gasteiger charge is -2.22. The van der Waals surface area contributed by atoms with E-state index in [4.69, 9.17) is 15.9 Å². The second-order valence-corrected chi connectivity index (χ2v) is 11.7. The molecule has 2 atom stereocenters. The molecular formula is C29H31N5O8S2. The molecule has 7 N–H and O–H groups in total. The predicted octanol–water partition coefficient (Wildman–Crippen LogP) is 3.25. The Kier molecular flexibility index (Phi) is 13.0. The maximum atomic E-state index is 13.3. The first-order chi connectivity index (χ1) is 21.0. The lowest BCUT2D eigenvalue weighted by atomic mass is 10.1. The van der Waals surface area contributed by atoms with Crippen molar-refractivity contribution in [1.29, 1.82) is 0 Å². The monoisotopic (exact) mass is 641 g/mol. The number of anilines is 1. The van der Waals surface area contributed by atoms with Gasteiger partial charge in [-0.25, -0.2) is 9.69 Å². The van der Waals surface area contributed by atoms with Crippen LogP contribution in [0, 0.1) is 0 Å². The lowest BCUT2D eigenvalue weighted by Crippen LogP contribution is -2.49. The Balaban J connectivity index is 1.68. The molecule has 0 aliphatic carbocycles. The first-order valence-corrected chi connectivity index (χ1v) is 15.6. The van der Waals surface area contributed by atoms with Crippen molar-refractivity contribution in [2.45, 2.75) is 31.5 Å². The highest BCUT2D eigenvalue weighted by molar-refractivity contribution is 8.82. The zero-order valence-electron chi connectivity index (χ0n) is 23.3. The fourth-order valence-electron chi connectivity index (χ4n) is 3.79. The third-order valence-electron chi connectivity index (χ3n) is 6.08. The Morgan fingerprint density at radius 2 is 1.57 bits per heavy atom. The zero-order valence-corrected chi connectivity index (χ0v) is 24.9. The van der Waals surface area contributed by atoms with Crippen molar-refractivity contribution in [1.82, 2.24) is 15.5 Å². The number of carboxylic acid groups (broad SMARTS) is 2.